The number of alkyl carbamates (subject to hydrolysis) is 1. The van der Waals surface area contributed by atoms with E-state index in [1.165, 1.54) is 13.0 Å². The Hall–Kier alpha value is -1.63. The van der Waals surface area contributed by atoms with Crippen molar-refractivity contribution >= 4 is 27.9 Å². The molecule has 2 unspecified atom stereocenters. The molecule has 5 nitrogen and oxygen atoms in total. The molecule has 1 saturated heterocycles. The van der Waals surface area contributed by atoms with Crippen LogP contribution in [0.25, 0.3) is 0 Å². The van der Waals surface area contributed by atoms with Crippen LogP contribution in [0, 0.1) is 5.82 Å². The second-order valence-corrected chi connectivity index (χ2v) is 5.03. The normalized spacial score (nSPS) is 21.7. The predicted octanol–water partition coefficient (Wildman–Crippen LogP) is 1.87. The Morgan fingerprint density at radius 2 is 2.32 bits per heavy atom. The van der Waals surface area contributed by atoms with E-state index < -0.39 is 24.1 Å². The molecule has 1 aromatic carbocycles. The zero-order chi connectivity index (χ0) is 14.0. The Labute approximate surface area is 117 Å². The number of carbonyl (C=O) groups excluding carboxylic acids is 2. The van der Waals surface area contributed by atoms with Gasteiger partial charge in [0.15, 0.2) is 0 Å². The average Bonchev–Trinajstić information content (AvgIpc) is 2.71. The summed E-state index contributed by atoms with van der Waals surface area (Å²) >= 11 is 3.06. The van der Waals surface area contributed by atoms with Crippen LogP contribution in [-0.4, -0.2) is 24.6 Å². The van der Waals surface area contributed by atoms with Crippen molar-refractivity contribution < 1.29 is 18.7 Å². The molecule has 2 atom stereocenters. The van der Waals surface area contributed by atoms with E-state index in [4.69, 9.17) is 4.74 Å². The summed E-state index contributed by atoms with van der Waals surface area (Å²) in [6.07, 6.45) is -1.14. The zero-order valence-corrected chi connectivity index (χ0v) is 11.7. The Morgan fingerprint density at radius 1 is 1.58 bits per heavy atom. The van der Waals surface area contributed by atoms with Gasteiger partial charge in [-0.3, -0.25) is 4.79 Å². The van der Waals surface area contributed by atoms with Crippen molar-refractivity contribution in [3.05, 3.63) is 34.1 Å². The van der Waals surface area contributed by atoms with Gasteiger partial charge < -0.3 is 15.4 Å². The third kappa shape index (κ3) is 3.23. The first-order chi connectivity index (χ1) is 8.97. The maximum atomic E-state index is 13.5. The number of amides is 2. The Bertz CT molecular complexity index is 524. The molecule has 0 saturated carbocycles. The molecule has 1 fully saturated rings. The number of hydrogen-bond donors (Lipinski definition) is 2. The van der Waals surface area contributed by atoms with E-state index >= 15 is 0 Å². The predicted molar refractivity (Wildman–Crippen MR) is 68.9 cm³/mol. The van der Waals surface area contributed by atoms with Gasteiger partial charge in [0.25, 0.3) is 0 Å². The summed E-state index contributed by atoms with van der Waals surface area (Å²) in [7, 11) is 0. The lowest BCUT2D eigenvalue weighted by molar-refractivity contribution is -0.119. The van der Waals surface area contributed by atoms with Crippen molar-refractivity contribution in [3.63, 3.8) is 0 Å². The highest BCUT2D eigenvalue weighted by molar-refractivity contribution is 9.10. The first-order valence-corrected chi connectivity index (χ1v) is 6.43. The van der Waals surface area contributed by atoms with E-state index in [9.17, 15) is 14.0 Å². The summed E-state index contributed by atoms with van der Waals surface area (Å²) in [5.74, 6) is -0.638. The van der Waals surface area contributed by atoms with E-state index in [2.05, 4.69) is 26.6 Å². The molecule has 2 N–H and O–H groups in total. The zero-order valence-electron chi connectivity index (χ0n) is 10.1. The van der Waals surface area contributed by atoms with Gasteiger partial charge in [0.2, 0.25) is 5.91 Å². The monoisotopic (exact) mass is 330 g/mol. The molecule has 19 heavy (non-hydrogen) atoms. The van der Waals surface area contributed by atoms with Crippen LogP contribution < -0.4 is 10.6 Å². The first-order valence-electron chi connectivity index (χ1n) is 5.64. The number of nitrogens with one attached hydrogen (secondary N) is 2. The van der Waals surface area contributed by atoms with E-state index in [0.29, 0.717) is 10.0 Å². The van der Waals surface area contributed by atoms with Crippen molar-refractivity contribution in [2.24, 2.45) is 0 Å². The molecule has 0 spiro atoms. The van der Waals surface area contributed by atoms with Crippen LogP contribution in [-0.2, 0) is 9.53 Å². The molecule has 1 heterocycles. The molecule has 7 heteroatoms. The minimum Gasteiger partial charge on any atom is -0.442 e. The molecular weight excluding hydrogens is 319 g/mol. The summed E-state index contributed by atoms with van der Waals surface area (Å²) in [5.41, 5.74) is 0.585. The van der Waals surface area contributed by atoms with Gasteiger partial charge in [-0.25, -0.2) is 9.18 Å². The van der Waals surface area contributed by atoms with Crippen molar-refractivity contribution in [1.82, 2.24) is 10.6 Å². The minimum atomic E-state index is -0.580. The van der Waals surface area contributed by atoms with Gasteiger partial charge in [-0.05, 0) is 33.6 Å². The van der Waals surface area contributed by atoms with E-state index in [0.717, 1.165) is 0 Å². The molecule has 0 bridgehead atoms. The summed E-state index contributed by atoms with van der Waals surface area (Å²) in [6, 6.07) is 4.09. The molecule has 1 aliphatic rings. The number of cyclic esters (lactones) is 1. The lowest BCUT2D eigenvalue weighted by Crippen LogP contribution is -2.34. The fraction of sp³-hybridized carbons (Fsp3) is 0.333. The molecule has 0 aromatic heterocycles. The van der Waals surface area contributed by atoms with Gasteiger partial charge >= 0.3 is 6.09 Å². The smallest absolute Gasteiger partial charge is 0.408 e. The molecule has 0 radical (unpaired) electrons. The van der Waals surface area contributed by atoms with Crippen molar-refractivity contribution in [2.45, 2.75) is 19.1 Å². The Kier molecular flexibility index (Phi) is 4.04. The maximum absolute atomic E-state index is 13.5. The van der Waals surface area contributed by atoms with Crippen LogP contribution in [0.2, 0.25) is 0 Å². The fourth-order valence-corrected chi connectivity index (χ4v) is 2.11. The second-order valence-electron chi connectivity index (χ2n) is 4.18. The third-order valence-electron chi connectivity index (χ3n) is 2.76. The van der Waals surface area contributed by atoms with Crippen molar-refractivity contribution in [2.75, 3.05) is 6.54 Å². The molecule has 1 aromatic rings. The van der Waals surface area contributed by atoms with Gasteiger partial charge in [0.05, 0.1) is 17.1 Å². The third-order valence-corrected chi connectivity index (χ3v) is 3.40. The summed E-state index contributed by atoms with van der Waals surface area (Å²) in [4.78, 5) is 22.2. The van der Waals surface area contributed by atoms with Gasteiger partial charge in [0, 0.05) is 6.92 Å². The second kappa shape index (κ2) is 5.56. The molecule has 1 aliphatic heterocycles. The number of hydrogen-bond acceptors (Lipinski definition) is 3. The number of rotatable bonds is 3. The van der Waals surface area contributed by atoms with Gasteiger partial charge in [0.1, 0.15) is 11.9 Å². The van der Waals surface area contributed by atoms with Crippen LogP contribution in [0.15, 0.2) is 22.7 Å². The fourth-order valence-electron chi connectivity index (χ4n) is 1.87. The lowest BCUT2D eigenvalue weighted by atomic mass is 10.0. The number of ether oxygens (including phenoxy) is 1. The summed E-state index contributed by atoms with van der Waals surface area (Å²) < 4.78 is 18.9. The summed E-state index contributed by atoms with van der Waals surface area (Å²) in [6.45, 7) is 1.55. The van der Waals surface area contributed by atoms with Crippen LogP contribution in [0.1, 0.15) is 18.5 Å². The lowest BCUT2D eigenvalue weighted by Gasteiger charge is -2.17. The molecular formula is C12H12BrFN2O3. The largest absolute Gasteiger partial charge is 0.442 e. The molecule has 0 aliphatic carbocycles. The van der Waals surface area contributed by atoms with Gasteiger partial charge in [-0.2, -0.15) is 0 Å². The number of halogens is 2. The Balaban J connectivity index is 2.17. The van der Waals surface area contributed by atoms with Crippen LogP contribution in [0.3, 0.4) is 0 Å². The topological polar surface area (TPSA) is 67.4 Å². The number of benzene rings is 1. The van der Waals surface area contributed by atoms with E-state index in [-0.39, 0.29) is 12.5 Å². The van der Waals surface area contributed by atoms with Crippen molar-refractivity contribution in [1.29, 1.82) is 0 Å². The van der Waals surface area contributed by atoms with Crippen LogP contribution >= 0.6 is 15.9 Å². The highest BCUT2D eigenvalue weighted by atomic mass is 79.9. The van der Waals surface area contributed by atoms with Gasteiger partial charge in [-0.15, -0.1) is 0 Å². The highest BCUT2D eigenvalue weighted by Gasteiger charge is 2.35. The molecule has 2 rings (SSSR count). The number of carbonyl (C=O) groups is 2. The summed E-state index contributed by atoms with van der Waals surface area (Å²) in [5, 5.41) is 5.17. The van der Waals surface area contributed by atoms with E-state index in [1.807, 2.05) is 0 Å². The van der Waals surface area contributed by atoms with Gasteiger partial charge in [-0.1, -0.05) is 6.07 Å². The van der Waals surface area contributed by atoms with Crippen LogP contribution in [0.5, 0.6) is 0 Å². The molecule has 102 valence electrons. The quantitative estimate of drug-likeness (QED) is 0.889. The minimum absolute atomic E-state index is 0.177. The Morgan fingerprint density at radius 3 is 2.95 bits per heavy atom. The molecule has 2 amide bonds. The SMILES string of the molecule is CC(=O)NCC1OC(=O)NC1c1ccc(Br)c(F)c1. The first kappa shape index (κ1) is 13.8. The van der Waals surface area contributed by atoms with Crippen LogP contribution in [0.4, 0.5) is 9.18 Å². The maximum Gasteiger partial charge on any atom is 0.408 e. The average molecular weight is 331 g/mol. The van der Waals surface area contributed by atoms with E-state index in [1.54, 1.807) is 12.1 Å². The standard InChI is InChI=1S/C12H12BrFN2O3/c1-6(17)15-5-10-11(16-12(18)19-10)7-2-3-8(13)9(14)4-7/h2-4,10-11H,5H2,1H3,(H,15,17)(H,16,18). The highest BCUT2D eigenvalue weighted by Crippen LogP contribution is 2.27. The van der Waals surface area contributed by atoms with Crippen molar-refractivity contribution in [3.8, 4) is 0 Å².